The molecule has 1 nitrogen and oxygen atoms in total. The summed E-state index contributed by atoms with van der Waals surface area (Å²) in [5.74, 6) is 0. The minimum atomic E-state index is 0.431. The van der Waals surface area contributed by atoms with E-state index in [1.54, 1.807) is 0 Å². The van der Waals surface area contributed by atoms with Gasteiger partial charge in [0.15, 0.2) is 0 Å². The Bertz CT molecular complexity index is 218. The zero-order valence-electron chi connectivity index (χ0n) is 13.2. The van der Waals surface area contributed by atoms with Crippen LogP contribution in [0.2, 0.25) is 0 Å². The van der Waals surface area contributed by atoms with Crippen LogP contribution in [-0.4, -0.2) is 6.04 Å². The molecule has 19 heavy (non-hydrogen) atoms. The van der Waals surface area contributed by atoms with Crippen LogP contribution in [-0.2, 0) is 0 Å². The zero-order valence-corrected chi connectivity index (χ0v) is 13.2. The topological polar surface area (TPSA) is 26.0 Å². The molecule has 0 amide bonds. The van der Waals surface area contributed by atoms with Gasteiger partial charge in [0, 0.05) is 6.04 Å². The van der Waals surface area contributed by atoms with E-state index in [1.165, 1.54) is 64.2 Å². The van der Waals surface area contributed by atoms with Crippen molar-refractivity contribution < 1.29 is 0 Å². The summed E-state index contributed by atoms with van der Waals surface area (Å²) in [7, 11) is 0. The number of nitrogens with two attached hydrogens (primary N) is 1. The van der Waals surface area contributed by atoms with Gasteiger partial charge in [-0.2, -0.15) is 0 Å². The van der Waals surface area contributed by atoms with Gasteiger partial charge in [-0.15, -0.1) is 0 Å². The van der Waals surface area contributed by atoms with Crippen LogP contribution in [0.5, 0.6) is 0 Å². The van der Waals surface area contributed by atoms with E-state index in [9.17, 15) is 0 Å². The fraction of sp³-hybridized carbons (Fsp3) is 0.778. The first kappa shape index (κ1) is 18.4. The summed E-state index contributed by atoms with van der Waals surface area (Å²) in [6.07, 6.45) is 23.0. The molecule has 2 N–H and O–H groups in total. The molecule has 0 aromatic rings. The number of allylic oxidation sites excluding steroid dienone is 4. The number of unbranched alkanes of at least 4 members (excludes halogenated alkanes) is 5. The van der Waals surface area contributed by atoms with E-state index in [1.807, 2.05) is 0 Å². The van der Waals surface area contributed by atoms with Gasteiger partial charge in [-0.3, -0.25) is 0 Å². The van der Waals surface area contributed by atoms with Gasteiger partial charge in [-0.25, -0.2) is 0 Å². The summed E-state index contributed by atoms with van der Waals surface area (Å²) < 4.78 is 0. The van der Waals surface area contributed by atoms with Gasteiger partial charge in [0.2, 0.25) is 0 Å². The molecule has 0 heterocycles. The lowest BCUT2D eigenvalue weighted by atomic mass is 10.0. The highest BCUT2D eigenvalue weighted by Gasteiger charge is 1.99. The molecule has 0 bridgehead atoms. The van der Waals surface area contributed by atoms with Crippen LogP contribution in [0.15, 0.2) is 24.3 Å². The van der Waals surface area contributed by atoms with Crippen molar-refractivity contribution in [3.8, 4) is 0 Å². The molecule has 0 spiro atoms. The lowest BCUT2D eigenvalue weighted by molar-refractivity contribution is 0.528. The lowest BCUT2D eigenvalue weighted by Gasteiger charge is -2.08. The minimum Gasteiger partial charge on any atom is -0.328 e. The van der Waals surface area contributed by atoms with Crippen molar-refractivity contribution in [1.29, 1.82) is 0 Å². The first-order valence-electron chi connectivity index (χ1n) is 8.36. The van der Waals surface area contributed by atoms with Crippen molar-refractivity contribution in [2.45, 2.75) is 90.5 Å². The van der Waals surface area contributed by atoms with Crippen molar-refractivity contribution in [2.24, 2.45) is 5.73 Å². The smallest absolute Gasteiger partial charge is 0.00387 e. The maximum atomic E-state index is 5.99. The van der Waals surface area contributed by atoms with Gasteiger partial charge < -0.3 is 5.73 Å². The predicted octanol–water partition coefficient (Wildman–Crippen LogP) is 5.76. The van der Waals surface area contributed by atoms with Crippen LogP contribution < -0.4 is 5.73 Å². The summed E-state index contributed by atoms with van der Waals surface area (Å²) in [5, 5.41) is 0. The average Bonchev–Trinajstić information content (AvgIpc) is 2.40. The number of rotatable bonds is 13. The molecule has 0 aliphatic rings. The Morgan fingerprint density at radius 3 is 1.95 bits per heavy atom. The molecule has 0 radical (unpaired) electrons. The molecule has 1 unspecified atom stereocenters. The highest BCUT2D eigenvalue weighted by Crippen LogP contribution is 2.07. The SMILES string of the molecule is CCCCC/C=C\C/C=C\CCCCC(N)CCC. The number of hydrogen-bond acceptors (Lipinski definition) is 1. The highest BCUT2D eigenvalue weighted by molar-refractivity contribution is 4.92. The molecule has 1 heteroatoms. The Hall–Kier alpha value is -0.560. The molecular formula is C18H35N. The molecule has 0 aliphatic carbocycles. The normalized spacial score (nSPS) is 13.6. The first-order valence-corrected chi connectivity index (χ1v) is 8.36. The summed E-state index contributed by atoms with van der Waals surface area (Å²) in [4.78, 5) is 0. The van der Waals surface area contributed by atoms with E-state index in [2.05, 4.69) is 38.2 Å². The molecular weight excluding hydrogens is 230 g/mol. The lowest BCUT2D eigenvalue weighted by Crippen LogP contribution is -2.18. The molecule has 0 saturated carbocycles. The molecule has 1 atom stereocenters. The Labute approximate surface area is 121 Å². The summed E-state index contributed by atoms with van der Waals surface area (Å²) >= 11 is 0. The van der Waals surface area contributed by atoms with E-state index in [0.29, 0.717) is 6.04 Å². The quantitative estimate of drug-likeness (QED) is 0.332. The molecule has 0 aromatic carbocycles. The fourth-order valence-electron chi connectivity index (χ4n) is 2.20. The second-order valence-electron chi connectivity index (χ2n) is 5.51. The van der Waals surface area contributed by atoms with E-state index in [-0.39, 0.29) is 0 Å². The summed E-state index contributed by atoms with van der Waals surface area (Å²) in [6.45, 7) is 4.46. The molecule has 0 aliphatic heterocycles. The highest BCUT2D eigenvalue weighted by atomic mass is 14.6. The third kappa shape index (κ3) is 15.4. The van der Waals surface area contributed by atoms with Gasteiger partial charge >= 0.3 is 0 Å². The van der Waals surface area contributed by atoms with Crippen molar-refractivity contribution in [3.63, 3.8) is 0 Å². The van der Waals surface area contributed by atoms with E-state index in [0.717, 1.165) is 6.42 Å². The van der Waals surface area contributed by atoms with Crippen LogP contribution >= 0.6 is 0 Å². The summed E-state index contributed by atoms with van der Waals surface area (Å²) in [6, 6.07) is 0.431. The van der Waals surface area contributed by atoms with Gasteiger partial charge in [-0.1, -0.05) is 63.8 Å². The van der Waals surface area contributed by atoms with E-state index in [4.69, 9.17) is 5.73 Å². The Balaban J connectivity index is 3.25. The Morgan fingerprint density at radius 2 is 1.37 bits per heavy atom. The van der Waals surface area contributed by atoms with Crippen molar-refractivity contribution in [2.75, 3.05) is 0 Å². The molecule has 0 fully saturated rings. The van der Waals surface area contributed by atoms with E-state index >= 15 is 0 Å². The molecule has 0 rings (SSSR count). The molecule has 0 saturated heterocycles. The predicted molar refractivity (Wildman–Crippen MR) is 88.4 cm³/mol. The fourth-order valence-corrected chi connectivity index (χ4v) is 2.20. The van der Waals surface area contributed by atoms with Crippen molar-refractivity contribution in [3.05, 3.63) is 24.3 Å². The van der Waals surface area contributed by atoms with Gasteiger partial charge in [0.05, 0.1) is 0 Å². The Kier molecular flexibility index (Phi) is 15.0. The van der Waals surface area contributed by atoms with Gasteiger partial charge in [-0.05, 0) is 44.9 Å². The van der Waals surface area contributed by atoms with Crippen LogP contribution in [0.3, 0.4) is 0 Å². The van der Waals surface area contributed by atoms with Crippen molar-refractivity contribution >= 4 is 0 Å². The standard InChI is InChI=1S/C18H35N/c1-3-5-6-7-8-9-10-11-12-13-14-15-17-18(19)16-4-2/h8-9,11-12,18H,3-7,10,13-17,19H2,1-2H3/b9-8-,12-11-. The third-order valence-electron chi connectivity index (χ3n) is 3.44. The molecule has 0 aromatic heterocycles. The summed E-state index contributed by atoms with van der Waals surface area (Å²) in [5.41, 5.74) is 5.99. The van der Waals surface area contributed by atoms with Crippen LogP contribution in [0.1, 0.15) is 84.5 Å². The largest absolute Gasteiger partial charge is 0.328 e. The Morgan fingerprint density at radius 1 is 0.737 bits per heavy atom. The van der Waals surface area contributed by atoms with Crippen molar-refractivity contribution in [1.82, 2.24) is 0 Å². The van der Waals surface area contributed by atoms with Crippen LogP contribution in [0.4, 0.5) is 0 Å². The monoisotopic (exact) mass is 265 g/mol. The van der Waals surface area contributed by atoms with E-state index < -0.39 is 0 Å². The first-order chi connectivity index (χ1) is 9.31. The van der Waals surface area contributed by atoms with Gasteiger partial charge in [0.25, 0.3) is 0 Å². The van der Waals surface area contributed by atoms with Crippen LogP contribution in [0.25, 0.3) is 0 Å². The maximum Gasteiger partial charge on any atom is 0.00387 e. The number of hydrogen-bond donors (Lipinski definition) is 1. The second kappa shape index (κ2) is 15.5. The minimum absolute atomic E-state index is 0.431. The zero-order chi connectivity index (χ0) is 14.2. The molecule has 112 valence electrons. The van der Waals surface area contributed by atoms with Gasteiger partial charge in [0.1, 0.15) is 0 Å². The van der Waals surface area contributed by atoms with Crippen LogP contribution in [0, 0.1) is 0 Å². The maximum absolute atomic E-state index is 5.99. The average molecular weight is 265 g/mol. The second-order valence-corrected chi connectivity index (χ2v) is 5.51. The third-order valence-corrected chi connectivity index (χ3v) is 3.44.